The van der Waals surface area contributed by atoms with Crippen molar-refractivity contribution in [2.45, 2.75) is 103 Å². The largest absolute Gasteiger partial charge is 0.464 e. The molecule has 4 atom stereocenters. The lowest BCUT2D eigenvalue weighted by Crippen LogP contribution is -2.61. The van der Waals surface area contributed by atoms with E-state index in [2.05, 4.69) is 60.3 Å². The predicted octanol–water partition coefficient (Wildman–Crippen LogP) is 5.77. The molecule has 0 aliphatic carbocycles. The van der Waals surface area contributed by atoms with Crippen molar-refractivity contribution in [3.63, 3.8) is 0 Å². The van der Waals surface area contributed by atoms with Gasteiger partial charge in [0.05, 0.1) is 34.8 Å². The van der Waals surface area contributed by atoms with Crippen LogP contribution in [0.4, 0.5) is 0 Å². The van der Waals surface area contributed by atoms with Gasteiger partial charge in [0.1, 0.15) is 18.2 Å². The Balaban J connectivity index is 1.34. The number of aryl methyl sites for hydroxylation is 1. The minimum atomic E-state index is -0.898. The van der Waals surface area contributed by atoms with E-state index in [9.17, 15) is 14.4 Å². The number of hydrogen-bond acceptors (Lipinski definition) is 10. The zero-order valence-corrected chi connectivity index (χ0v) is 32.1. The van der Waals surface area contributed by atoms with Gasteiger partial charge >= 0.3 is 5.97 Å². The molecule has 6 bridgehead atoms. The van der Waals surface area contributed by atoms with Gasteiger partial charge in [-0.15, -0.1) is 11.3 Å². The van der Waals surface area contributed by atoms with E-state index >= 15 is 0 Å². The van der Waals surface area contributed by atoms with Gasteiger partial charge in [0.15, 0.2) is 0 Å². The number of cyclic esters (lactones) is 1. The maximum atomic E-state index is 14.1. The zero-order chi connectivity index (χ0) is 37.3. The molecule has 2 N–H and O–H groups in total. The average Bonchev–Trinajstić information content (AvgIpc) is 3.77. The molecule has 2 amide bonds. The fraction of sp³-hybridized carbons (Fsp3) is 0.525. The summed E-state index contributed by atoms with van der Waals surface area (Å²) in [6.45, 7) is 10.2. The number of carbonyl (C=O) groups is 3. The first-order chi connectivity index (χ1) is 25.6. The monoisotopic (exact) mass is 742 g/mol. The van der Waals surface area contributed by atoms with Crippen LogP contribution in [-0.2, 0) is 48.0 Å². The van der Waals surface area contributed by atoms with Gasteiger partial charge < -0.3 is 24.1 Å². The van der Waals surface area contributed by atoms with Crippen LogP contribution in [0.25, 0.3) is 33.4 Å². The highest BCUT2D eigenvalue weighted by atomic mass is 32.1. The summed E-state index contributed by atoms with van der Waals surface area (Å²) < 4.78 is 19.9. The molecule has 53 heavy (non-hydrogen) atoms. The summed E-state index contributed by atoms with van der Waals surface area (Å²) in [5.74, 6) is -1.02. The normalized spacial score (nSPS) is 23.0. The van der Waals surface area contributed by atoms with Gasteiger partial charge in [-0.05, 0) is 82.2 Å². The molecular weight excluding hydrogens is 693 g/mol. The molecule has 4 aromatic rings. The Hall–Kier alpha value is -4.17. The molecule has 2 saturated heterocycles. The van der Waals surface area contributed by atoms with Crippen LogP contribution in [0.1, 0.15) is 82.2 Å². The molecule has 0 spiro atoms. The third-order valence-corrected chi connectivity index (χ3v) is 11.5. The van der Waals surface area contributed by atoms with Crippen LogP contribution in [-0.4, -0.2) is 82.4 Å². The first-order valence-corrected chi connectivity index (χ1v) is 19.7. The summed E-state index contributed by atoms with van der Waals surface area (Å²) in [7, 11) is 1.70. The number of nitrogens with zero attached hydrogens (tertiary/aromatic N) is 4. The number of pyridine rings is 1. The van der Waals surface area contributed by atoms with Gasteiger partial charge in [0.25, 0.3) is 5.91 Å². The maximum Gasteiger partial charge on any atom is 0.324 e. The summed E-state index contributed by atoms with van der Waals surface area (Å²) in [5.41, 5.74) is 9.60. The molecule has 3 aromatic heterocycles. The molecule has 7 rings (SSSR count). The van der Waals surface area contributed by atoms with Gasteiger partial charge in [-0.3, -0.25) is 24.4 Å². The number of carbonyl (C=O) groups excluding carboxylic acids is 3. The predicted molar refractivity (Wildman–Crippen MR) is 203 cm³/mol. The van der Waals surface area contributed by atoms with Gasteiger partial charge in [-0.2, -0.15) is 0 Å². The van der Waals surface area contributed by atoms with Crippen LogP contribution in [0.5, 0.6) is 0 Å². The first kappa shape index (κ1) is 37.2. The van der Waals surface area contributed by atoms with Crippen molar-refractivity contribution in [2.75, 3.05) is 26.9 Å². The van der Waals surface area contributed by atoms with Crippen molar-refractivity contribution >= 4 is 40.0 Å². The van der Waals surface area contributed by atoms with Crippen LogP contribution in [0.2, 0.25) is 0 Å². The number of hydrogen-bond donors (Lipinski definition) is 2. The van der Waals surface area contributed by atoms with Crippen molar-refractivity contribution in [3.05, 3.63) is 58.2 Å². The van der Waals surface area contributed by atoms with Crippen molar-refractivity contribution in [1.82, 2.24) is 30.3 Å². The number of hydrazine groups is 1. The van der Waals surface area contributed by atoms with Crippen molar-refractivity contribution in [1.29, 1.82) is 0 Å². The van der Waals surface area contributed by atoms with E-state index in [0.717, 1.165) is 69.1 Å². The van der Waals surface area contributed by atoms with Crippen LogP contribution in [0, 0.1) is 5.41 Å². The third kappa shape index (κ3) is 7.75. The van der Waals surface area contributed by atoms with Crippen molar-refractivity contribution in [3.8, 4) is 22.5 Å². The summed E-state index contributed by atoms with van der Waals surface area (Å²) >= 11 is 1.47. The van der Waals surface area contributed by atoms with Gasteiger partial charge in [-0.25, -0.2) is 10.4 Å². The zero-order valence-electron chi connectivity index (χ0n) is 31.3. The number of amides is 2. The number of nitrogens with one attached hydrogen (secondary N) is 2. The topological polar surface area (TPSA) is 137 Å². The fourth-order valence-corrected chi connectivity index (χ4v) is 8.63. The first-order valence-electron chi connectivity index (χ1n) is 18.8. The van der Waals surface area contributed by atoms with Gasteiger partial charge in [-0.1, -0.05) is 19.9 Å². The Morgan fingerprint density at radius 1 is 1.19 bits per heavy atom. The highest BCUT2D eigenvalue weighted by molar-refractivity contribution is 7.10. The summed E-state index contributed by atoms with van der Waals surface area (Å²) in [5, 5.41) is 8.28. The maximum absolute atomic E-state index is 14.1. The van der Waals surface area contributed by atoms with Crippen molar-refractivity contribution in [2.24, 2.45) is 5.41 Å². The number of thiazole rings is 1. The molecule has 6 heterocycles. The Labute approximate surface area is 314 Å². The lowest BCUT2D eigenvalue weighted by Gasteiger charge is -2.35. The molecule has 0 saturated carbocycles. The number of benzene rings is 1. The van der Waals surface area contributed by atoms with E-state index in [-0.39, 0.29) is 30.9 Å². The highest BCUT2D eigenvalue weighted by Gasteiger charge is 2.36. The summed E-state index contributed by atoms with van der Waals surface area (Å²) in [6, 6.07) is 8.93. The third-order valence-electron chi connectivity index (χ3n) is 10.6. The van der Waals surface area contributed by atoms with E-state index in [1.165, 1.54) is 16.3 Å². The summed E-state index contributed by atoms with van der Waals surface area (Å²) in [6.07, 6.45) is 5.37. The van der Waals surface area contributed by atoms with Crippen LogP contribution in [0.15, 0.2) is 41.9 Å². The van der Waals surface area contributed by atoms with E-state index in [1.54, 1.807) is 13.3 Å². The minimum Gasteiger partial charge on any atom is -0.464 e. The molecule has 1 aromatic carbocycles. The Kier molecular flexibility index (Phi) is 11.0. The molecule has 13 heteroatoms. The number of aromatic nitrogens is 3. The van der Waals surface area contributed by atoms with Crippen LogP contribution in [0.3, 0.4) is 0 Å². The molecule has 282 valence electrons. The SMILES string of the molecule is CCn1c(-c2cccnc2[C@H](C)OC)c2c3cc(ccc31)-c1csc(n1)C[C@H](NC(=O)[C@@H]1CCCCO1)C(=O)N1CCC[C@H](N1)C(=O)OCC(C)(C)C2. The molecule has 3 aliphatic heterocycles. The summed E-state index contributed by atoms with van der Waals surface area (Å²) in [4.78, 5) is 51.0. The van der Waals surface area contributed by atoms with E-state index in [4.69, 9.17) is 24.2 Å². The van der Waals surface area contributed by atoms with Crippen LogP contribution >= 0.6 is 11.3 Å². The second kappa shape index (κ2) is 15.7. The second-order valence-corrected chi connectivity index (χ2v) is 16.1. The Bertz CT molecular complexity index is 1980. The second-order valence-electron chi connectivity index (χ2n) is 15.1. The quantitative estimate of drug-likeness (QED) is 0.236. The minimum absolute atomic E-state index is 0.180. The Morgan fingerprint density at radius 2 is 2.04 bits per heavy atom. The molecule has 0 radical (unpaired) electrons. The molecule has 12 nitrogen and oxygen atoms in total. The van der Waals surface area contributed by atoms with E-state index < -0.39 is 29.6 Å². The van der Waals surface area contributed by atoms with Crippen molar-refractivity contribution < 1.29 is 28.6 Å². The molecule has 3 aliphatic rings. The van der Waals surface area contributed by atoms with Gasteiger partial charge in [0.2, 0.25) is 5.91 Å². The smallest absolute Gasteiger partial charge is 0.324 e. The Morgan fingerprint density at radius 3 is 2.81 bits per heavy atom. The van der Waals surface area contributed by atoms with Gasteiger partial charge in [0, 0.05) is 72.2 Å². The molecule has 0 unspecified atom stereocenters. The fourth-order valence-electron chi connectivity index (χ4n) is 7.78. The molecular formula is C40H50N6O6S. The number of esters is 1. The average molecular weight is 743 g/mol. The number of methoxy groups -OCH3 is 1. The van der Waals surface area contributed by atoms with E-state index in [1.807, 2.05) is 18.4 Å². The standard InChI is InChI=1S/C40H50N6O6S/c1-6-45-32-15-14-25-19-27(32)28(36(45)26-11-9-16-41-35(26)24(2)50-5)21-40(3,4)23-52-39(49)29-12-10-17-46(44-29)38(48)30(20-34-42-31(25)22-53-34)43-37(47)33-13-7-8-18-51-33/h9,11,14-16,19,22,24,29-30,33,44H,6-8,10,12-13,17-18,20-21,23H2,1-5H3,(H,43,47)/t24-,29-,30-,33-/m0/s1. The lowest BCUT2D eigenvalue weighted by molar-refractivity contribution is -0.155. The number of ether oxygens (including phenoxy) is 3. The lowest BCUT2D eigenvalue weighted by atomic mass is 9.84. The van der Waals surface area contributed by atoms with Crippen LogP contribution < -0.4 is 10.7 Å². The number of rotatable bonds is 6. The number of fused-ring (bicyclic) bond motifs is 6. The molecule has 2 fully saturated rings. The highest BCUT2D eigenvalue weighted by Crippen LogP contribution is 2.42. The van der Waals surface area contributed by atoms with E-state index in [0.29, 0.717) is 38.8 Å².